The van der Waals surface area contributed by atoms with E-state index in [1.165, 1.54) is 0 Å². The van der Waals surface area contributed by atoms with Crippen LogP contribution in [0.15, 0.2) is 30.3 Å². The van der Waals surface area contributed by atoms with Gasteiger partial charge in [-0.05, 0) is 25.5 Å². The van der Waals surface area contributed by atoms with Gasteiger partial charge >= 0.3 is 5.97 Å². The summed E-state index contributed by atoms with van der Waals surface area (Å²) in [5.74, 6) is -0.280. The van der Waals surface area contributed by atoms with E-state index in [4.69, 9.17) is 9.76 Å². The van der Waals surface area contributed by atoms with Crippen molar-refractivity contribution in [1.82, 2.24) is 0 Å². The summed E-state index contributed by atoms with van der Waals surface area (Å²) in [6, 6.07) is 8.97. The lowest BCUT2D eigenvalue weighted by Crippen LogP contribution is -2.15. The average molecular weight is 220 g/mol. The van der Waals surface area contributed by atoms with Gasteiger partial charge in [0.15, 0.2) is 0 Å². The van der Waals surface area contributed by atoms with Gasteiger partial charge < -0.3 is 9.76 Å². The molecule has 3 nitrogen and oxygen atoms in total. The average Bonchev–Trinajstić information content (AvgIpc) is 2.30. The molecular formula is C12H17BO3. The second-order valence-electron chi connectivity index (χ2n) is 3.80. The molecule has 1 rings (SSSR count). The number of benzene rings is 1. The standard InChI is InChI=1S/C12H17BO3/c1-10(6-5-9-13-15)16-12(14)11-7-3-2-4-8-11/h2-4,7-8,10,13,15H,5-6,9H2,1H3. The smallest absolute Gasteiger partial charge is 0.338 e. The van der Waals surface area contributed by atoms with E-state index in [0.717, 1.165) is 19.2 Å². The maximum absolute atomic E-state index is 11.6. The van der Waals surface area contributed by atoms with Crippen LogP contribution >= 0.6 is 0 Å². The molecule has 1 aromatic rings. The second-order valence-corrected chi connectivity index (χ2v) is 3.80. The molecule has 0 aliphatic heterocycles. The van der Waals surface area contributed by atoms with Crippen LogP contribution in [0.5, 0.6) is 0 Å². The zero-order valence-electron chi connectivity index (χ0n) is 9.56. The molecule has 0 spiro atoms. The number of esters is 1. The van der Waals surface area contributed by atoms with Crippen molar-refractivity contribution in [1.29, 1.82) is 0 Å². The van der Waals surface area contributed by atoms with Gasteiger partial charge in [0.25, 0.3) is 7.48 Å². The minimum Gasteiger partial charge on any atom is -0.459 e. The first-order valence-corrected chi connectivity index (χ1v) is 5.61. The predicted octanol–water partition coefficient (Wildman–Crippen LogP) is 1.77. The van der Waals surface area contributed by atoms with E-state index in [1.807, 2.05) is 25.1 Å². The molecule has 1 aromatic carbocycles. The normalized spacial score (nSPS) is 11.9. The highest BCUT2D eigenvalue weighted by molar-refractivity contribution is 6.25. The minimum atomic E-state index is -0.280. The first-order chi connectivity index (χ1) is 7.74. The van der Waals surface area contributed by atoms with Crippen LogP contribution in [-0.2, 0) is 4.74 Å². The SMILES string of the molecule is CC(CCCBO)OC(=O)c1ccccc1. The molecule has 1 N–H and O–H groups in total. The molecule has 0 aromatic heterocycles. The molecule has 0 aliphatic rings. The zero-order chi connectivity index (χ0) is 11.8. The Balaban J connectivity index is 2.34. The van der Waals surface area contributed by atoms with Crippen molar-refractivity contribution in [3.8, 4) is 0 Å². The van der Waals surface area contributed by atoms with E-state index < -0.39 is 0 Å². The van der Waals surface area contributed by atoms with Crippen LogP contribution in [-0.4, -0.2) is 24.6 Å². The van der Waals surface area contributed by atoms with Crippen molar-refractivity contribution in [3.05, 3.63) is 35.9 Å². The number of hydrogen-bond donors (Lipinski definition) is 1. The summed E-state index contributed by atoms with van der Waals surface area (Å²) in [6.45, 7) is 1.87. The quantitative estimate of drug-likeness (QED) is 0.451. The van der Waals surface area contributed by atoms with E-state index in [1.54, 1.807) is 12.1 Å². The number of carbonyl (C=O) groups is 1. The fraction of sp³-hybridized carbons (Fsp3) is 0.417. The molecule has 16 heavy (non-hydrogen) atoms. The summed E-state index contributed by atoms with van der Waals surface area (Å²) in [5.41, 5.74) is 0.580. The lowest BCUT2D eigenvalue weighted by atomic mass is 9.92. The van der Waals surface area contributed by atoms with Crippen LogP contribution in [0.2, 0.25) is 6.32 Å². The third kappa shape index (κ3) is 4.49. The first-order valence-electron chi connectivity index (χ1n) is 5.61. The Kier molecular flexibility index (Phi) is 5.64. The third-order valence-electron chi connectivity index (χ3n) is 2.34. The maximum Gasteiger partial charge on any atom is 0.338 e. The highest BCUT2D eigenvalue weighted by Gasteiger charge is 2.10. The summed E-state index contributed by atoms with van der Waals surface area (Å²) >= 11 is 0. The lowest BCUT2D eigenvalue weighted by molar-refractivity contribution is 0.0323. The van der Waals surface area contributed by atoms with Gasteiger partial charge in [-0.1, -0.05) is 30.9 Å². The van der Waals surface area contributed by atoms with Gasteiger partial charge in [-0.25, -0.2) is 4.79 Å². The summed E-state index contributed by atoms with van der Waals surface area (Å²) < 4.78 is 5.26. The Labute approximate surface area is 96.7 Å². The Morgan fingerprint density at radius 1 is 1.44 bits per heavy atom. The van der Waals surface area contributed by atoms with Crippen LogP contribution in [0, 0.1) is 0 Å². The summed E-state index contributed by atoms with van der Waals surface area (Å²) in [4.78, 5) is 11.6. The molecule has 4 heteroatoms. The lowest BCUT2D eigenvalue weighted by Gasteiger charge is -2.12. The molecule has 86 valence electrons. The molecule has 0 saturated heterocycles. The summed E-state index contributed by atoms with van der Waals surface area (Å²) in [5, 5.41) is 8.63. The number of carbonyl (C=O) groups excluding carboxylic acids is 1. The number of rotatable bonds is 6. The van der Waals surface area contributed by atoms with Crippen molar-refractivity contribution in [2.75, 3.05) is 0 Å². The molecule has 0 bridgehead atoms. The minimum absolute atomic E-state index is 0.0979. The van der Waals surface area contributed by atoms with Gasteiger partial charge in [-0.3, -0.25) is 0 Å². The Hall–Kier alpha value is -1.29. The third-order valence-corrected chi connectivity index (χ3v) is 2.34. The van der Waals surface area contributed by atoms with Crippen LogP contribution in [0.4, 0.5) is 0 Å². The molecule has 0 saturated carbocycles. The van der Waals surface area contributed by atoms with E-state index in [9.17, 15) is 4.79 Å². The molecule has 0 heterocycles. The van der Waals surface area contributed by atoms with Crippen LogP contribution in [0.25, 0.3) is 0 Å². The monoisotopic (exact) mass is 220 g/mol. The van der Waals surface area contributed by atoms with Gasteiger partial charge in [0.05, 0.1) is 11.7 Å². The van der Waals surface area contributed by atoms with Crippen LogP contribution in [0.3, 0.4) is 0 Å². The molecule has 0 aliphatic carbocycles. The van der Waals surface area contributed by atoms with Crippen molar-refractivity contribution >= 4 is 13.5 Å². The Morgan fingerprint density at radius 2 is 2.12 bits per heavy atom. The highest BCUT2D eigenvalue weighted by Crippen LogP contribution is 2.08. The Bertz CT molecular complexity index is 313. The Morgan fingerprint density at radius 3 is 2.75 bits per heavy atom. The topological polar surface area (TPSA) is 46.5 Å². The fourth-order valence-corrected chi connectivity index (χ4v) is 1.43. The molecule has 0 radical (unpaired) electrons. The van der Waals surface area contributed by atoms with E-state index in [-0.39, 0.29) is 19.6 Å². The number of ether oxygens (including phenoxy) is 1. The van der Waals surface area contributed by atoms with E-state index in [0.29, 0.717) is 5.56 Å². The van der Waals surface area contributed by atoms with Crippen molar-refractivity contribution < 1.29 is 14.6 Å². The van der Waals surface area contributed by atoms with Gasteiger partial charge in [0, 0.05) is 0 Å². The second kappa shape index (κ2) is 7.07. The predicted molar refractivity (Wildman–Crippen MR) is 64.7 cm³/mol. The van der Waals surface area contributed by atoms with E-state index >= 15 is 0 Å². The van der Waals surface area contributed by atoms with Crippen LogP contribution in [0.1, 0.15) is 30.1 Å². The molecule has 1 unspecified atom stereocenters. The van der Waals surface area contributed by atoms with Crippen LogP contribution < -0.4 is 0 Å². The fourth-order valence-electron chi connectivity index (χ4n) is 1.43. The van der Waals surface area contributed by atoms with Gasteiger partial charge in [0.2, 0.25) is 0 Å². The molecule has 0 amide bonds. The van der Waals surface area contributed by atoms with Gasteiger partial charge in [-0.15, -0.1) is 0 Å². The summed E-state index contributed by atoms with van der Waals surface area (Å²) in [7, 11) is 0.194. The highest BCUT2D eigenvalue weighted by atomic mass is 16.5. The molecule has 0 fully saturated rings. The first kappa shape index (κ1) is 12.8. The van der Waals surface area contributed by atoms with Crippen molar-refractivity contribution in [2.45, 2.75) is 32.2 Å². The molecule has 1 atom stereocenters. The van der Waals surface area contributed by atoms with E-state index in [2.05, 4.69) is 0 Å². The largest absolute Gasteiger partial charge is 0.459 e. The zero-order valence-corrected chi connectivity index (χ0v) is 9.56. The maximum atomic E-state index is 11.6. The van der Waals surface area contributed by atoms with Crippen molar-refractivity contribution in [3.63, 3.8) is 0 Å². The number of hydrogen-bond acceptors (Lipinski definition) is 3. The van der Waals surface area contributed by atoms with Gasteiger partial charge in [-0.2, -0.15) is 0 Å². The van der Waals surface area contributed by atoms with Crippen molar-refractivity contribution in [2.24, 2.45) is 0 Å². The summed E-state index contributed by atoms with van der Waals surface area (Å²) in [6.07, 6.45) is 2.32. The van der Waals surface area contributed by atoms with Gasteiger partial charge in [0.1, 0.15) is 0 Å². The molecular weight excluding hydrogens is 203 g/mol.